The van der Waals surface area contributed by atoms with Crippen molar-refractivity contribution in [3.05, 3.63) is 86.4 Å². The monoisotopic (exact) mass is 566 g/mol. The van der Waals surface area contributed by atoms with Crippen molar-refractivity contribution in [3.63, 3.8) is 0 Å². The molecule has 0 spiro atoms. The Morgan fingerprint density at radius 3 is 2.56 bits per heavy atom. The van der Waals surface area contributed by atoms with Crippen LogP contribution in [-0.2, 0) is 6.42 Å². The van der Waals surface area contributed by atoms with E-state index in [1.54, 1.807) is 19.4 Å². The number of rotatable bonds is 8. The third-order valence-corrected chi connectivity index (χ3v) is 8.22. The minimum Gasteiger partial charge on any atom is -0.497 e. The predicted molar refractivity (Wildman–Crippen MR) is 145 cm³/mol. The zero-order valence-corrected chi connectivity index (χ0v) is 22.4. The molecule has 2 aliphatic rings. The van der Waals surface area contributed by atoms with Crippen LogP contribution in [0.5, 0.6) is 5.75 Å². The van der Waals surface area contributed by atoms with Gasteiger partial charge in [-0.2, -0.15) is 0 Å². The average molecular weight is 568 g/mol. The number of halogens is 1. The van der Waals surface area contributed by atoms with Gasteiger partial charge in [0.1, 0.15) is 10.6 Å². The number of ether oxygens (including phenoxy) is 1. The van der Waals surface area contributed by atoms with Gasteiger partial charge in [-0.05, 0) is 63.7 Å². The Bertz CT molecular complexity index is 1290. The summed E-state index contributed by atoms with van der Waals surface area (Å²) < 4.78 is 6.04. The van der Waals surface area contributed by atoms with Gasteiger partial charge in [-0.1, -0.05) is 41.7 Å². The van der Waals surface area contributed by atoms with Gasteiger partial charge >= 0.3 is 0 Å². The van der Waals surface area contributed by atoms with Crippen molar-refractivity contribution in [1.29, 1.82) is 0 Å². The second kappa shape index (κ2) is 10.8. The van der Waals surface area contributed by atoms with Crippen LogP contribution in [0, 0.1) is 0 Å². The smallest absolute Gasteiger partial charge is 0.263 e. The maximum atomic E-state index is 13.1. The highest BCUT2D eigenvalue weighted by Crippen LogP contribution is 2.33. The number of aryl methyl sites for hydroxylation is 1. The summed E-state index contributed by atoms with van der Waals surface area (Å²) in [5.74, 6) is 0.571. The van der Waals surface area contributed by atoms with E-state index in [1.165, 1.54) is 28.0 Å². The molecule has 2 amide bonds. The standard InChI is InChI=1S/C27H27BrN4O3S/c1-35-21-9-10-23(28)22(12-21)26(34)31-14-19-16-32(17-20(19)15-31)27-30-13-24(36-27)25(33)29-11-5-8-18-6-3-2-4-7-18/h2-4,6-7,9-10,12-13H,5,8,11,14-17H2,1H3,(H,29,33). The highest BCUT2D eigenvalue weighted by Gasteiger charge is 2.34. The van der Waals surface area contributed by atoms with Crippen molar-refractivity contribution < 1.29 is 14.3 Å². The summed E-state index contributed by atoms with van der Waals surface area (Å²) in [6.07, 6.45) is 3.49. The first-order valence-corrected chi connectivity index (χ1v) is 13.5. The van der Waals surface area contributed by atoms with Crippen LogP contribution >= 0.6 is 27.3 Å². The Labute approximate surface area is 222 Å². The topological polar surface area (TPSA) is 74.8 Å². The summed E-state index contributed by atoms with van der Waals surface area (Å²) in [4.78, 5) is 34.9. The van der Waals surface area contributed by atoms with E-state index in [4.69, 9.17) is 4.74 Å². The third-order valence-electron chi connectivity index (χ3n) is 6.48. The molecule has 1 N–H and O–H groups in total. The van der Waals surface area contributed by atoms with Gasteiger partial charge in [-0.15, -0.1) is 0 Å². The Morgan fingerprint density at radius 2 is 1.83 bits per heavy atom. The lowest BCUT2D eigenvalue weighted by Gasteiger charge is -2.23. The molecular formula is C27H27BrN4O3S. The van der Waals surface area contributed by atoms with Crippen molar-refractivity contribution in [2.45, 2.75) is 12.8 Å². The Balaban J connectivity index is 1.12. The Morgan fingerprint density at radius 1 is 1.08 bits per heavy atom. The fourth-order valence-corrected chi connectivity index (χ4v) is 5.81. The third kappa shape index (κ3) is 5.32. The molecule has 0 fully saturated rings. The van der Waals surface area contributed by atoms with Crippen LogP contribution < -0.4 is 15.0 Å². The summed E-state index contributed by atoms with van der Waals surface area (Å²) in [5.41, 5.74) is 4.39. The molecule has 2 aliphatic heterocycles. The Kier molecular flexibility index (Phi) is 7.38. The van der Waals surface area contributed by atoms with Crippen molar-refractivity contribution in [3.8, 4) is 5.75 Å². The molecule has 0 aliphatic carbocycles. The predicted octanol–water partition coefficient (Wildman–Crippen LogP) is 4.55. The van der Waals surface area contributed by atoms with Crippen LogP contribution in [0.3, 0.4) is 0 Å². The summed E-state index contributed by atoms with van der Waals surface area (Å²) in [7, 11) is 1.59. The first-order valence-electron chi connectivity index (χ1n) is 11.9. The molecule has 1 aromatic heterocycles. The number of hydrogen-bond donors (Lipinski definition) is 1. The van der Waals surface area contributed by atoms with E-state index in [2.05, 4.69) is 43.3 Å². The number of anilines is 1. The van der Waals surface area contributed by atoms with Crippen molar-refractivity contribution in [1.82, 2.24) is 15.2 Å². The van der Waals surface area contributed by atoms with E-state index in [0.29, 0.717) is 35.8 Å². The number of aromatic nitrogens is 1. The quantitative estimate of drug-likeness (QED) is 0.320. The van der Waals surface area contributed by atoms with Crippen LogP contribution in [0.1, 0.15) is 32.0 Å². The molecule has 36 heavy (non-hydrogen) atoms. The highest BCUT2D eigenvalue weighted by atomic mass is 79.9. The van der Waals surface area contributed by atoms with Gasteiger partial charge in [-0.25, -0.2) is 4.98 Å². The summed E-state index contributed by atoms with van der Waals surface area (Å²) in [5, 5.41) is 3.85. The lowest BCUT2D eigenvalue weighted by molar-refractivity contribution is 0.0793. The maximum Gasteiger partial charge on any atom is 0.263 e. The summed E-state index contributed by atoms with van der Waals surface area (Å²) in [6, 6.07) is 15.7. The fraction of sp³-hybridized carbons (Fsp3) is 0.296. The van der Waals surface area contributed by atoms with Gasteiger partial charge in [0.15, 0.2) is 5.13 Å². The van der Waals surface area contributed by atoms with Crippen LogP contribution in [-0.4, -0.2) is 61.5 Å². The molecular weight excluding hydrogens is 540 g/mol. The molecule has 3 aromatic rings. The number of benzene rings is 2. The first kappa shape index (κ1) is 24.5. The number of amides is 2. The van der Waals surface area contributed by atoms with Crippen LogP contribution in [0.15, 0.2) is 70.3 Å². The summed E-state index contributed by atoms with van der Waals surface area (Å²) in [6.45, 7) is 3.30. The molecule has 0 unspecified atom stereocenters. The molecule has 2 aromatic carbocycles. The van der Waals surface area contributed by atoms with Crippen molar-refractivity contribution >= 4 is 44.2 Å². The van der Waals surface area contributed by atoms with E-state index in [0.717, 1.165) is 35.5 Å². The first-order chi connectivity index (χ1) is 17.5. The number of thiazole rings is 1. The number of nitrogens with zero attached hydrogens (tertiary/aromatic N) is 3. The lowest BCUT2D eigenvalue weighted by atomic mass is 10.1. The minimum atomic E-state index is -0.0767. The molecule has 7 nitrogen and oxygen atoms in total. The highest BCUT2D eigenvalue weighted by molar-refractivity contribution is 9.10. The van der Waals surface area contributed by atoms with Gasteiger partial charge in [0.05, 0.1) is 18.9 Å². The Hall–Kier alpha value is -3.17. The number of methoxy groups -OCH3 is 1. The van der Waals surface area contributed by atoms with E-state index >= 15 is 0 Å². The SMILES string of the molecule is COc1ccc(Br)c(C(=O)N2CC3=C(C2)CN(c2ncc(C(=O)NCCCc4ccccc4)s2)C3)c1. The summed E-state index contributed by atoms with van der Waals surface area (Å²) >= 11 is 4.91. The minimum absolute atomic E-state index is 0.0119. The van der Waals surface area contributed by atoms with Crippen molar-refractivity contribution in [2.24, 2.45) is 0 Å². The van der Waals surface area contributed by atoms with E-state index in [1.807, 2.05) is 35.2 Å². The van der Waals surface area contributed by atoms with Crippen LogP contribution in [0.25, 0.3) is 0 Å². The average Bonchev–Trinajstić information content (AvgIpc) is 3.62. The van der Waals surface area contributed by atoms with E-state index in [9.17, 15) is 9.59 Å². The van der Waals surface area contributed by atoms with Crippen LogP contribution in [0.2, 0.25) is 0 Å². The second-order valence-corrected chi connectivity index (χ2v) is 10.8. The second-order valence-electron chi connectivity index (χ2n) is 8.92. The molecule has 0 radical (unpaired) electrons. The van der Waals surface area contributed by atoms with Gasteiger partial charge in [-0.3, -0.25) is 9.59 Å². The van der Waals surface area contributed by atoms with E-state index < -0.39 is 0 Å². The molecule has 0 saturated heterocycles. The van der Waals surface area contributed by atoms with Gasteiger partial charge in [0.2, 0.25) is 0 Å². The van der Waals surface area contributed by atoms with Crippen LogP contribution in [0.4, 0.5) is 5.13 Å². The molecule has 0 saturated carbocycles. The molecule has 0 bridgehead atoms. The molecule has 0 atom stereocenters. The molecule has 186 valence electrons. The van der Waals surface area contributed by atoms with Gasteiger partial charge < -0.3 is 19.9 Å². The normalized spacial score (nSPS) is 14.8. The van der Waals surface area contributed by atoms with Gasteiger partial charge in [0, 0.05) is 37.2 Å². The molecule has 9 heteroatoms. The van der Waals surface area contributed by atoms with Crippen molar-refractivity contribution in [2.75, 3.05) is 44.7 Å². The number of carbonyl (C=O) groups is 2. The lowest BCUT2D eigenvalue weighted by Crippen LogP contribution is -2.34. The largest absolute Gasteiger partial charge is 0.497 e. The zero-order valence-electron chi connectivity index (χ0n) is 20.0. The molecule has 3 heterocycles. The number of hydrogen-bond acceptors (Lipinski definition) is 6. The zero-order chi connectivity index (χ0) is 25.1. The maximum absolute atomic E-state index is 13.1. The molecule has 5 rings (SSSR count). The van der Waals surface area contributed by atoms with E-state index in [-0.39, 0.29) is 11.8 Å². The number of carbonyl (C=O) groups excluding carboxylic acids is 2. The number of nitrogens with one attached hydrogen (secondary N) is 1. The van der Waals surface area contributed by atoms with Gasteiger partial charge in [0.25, 0.3) is 11.8 Å². The fourth-order valence-electron chi connectivity index (χ4n) is 4.57.